The molecule has 2 aliphatic rings. The summed E-state index contributed by atoms with van der Waals surface area (Å²) in [6.07, 6.45) is 1.54. The van der Waals surface area contributed by atoms with Crippen LogP contribution in [-0.4, -0.2) is 53.3 Å². The average Bonchev–Trinajstić information content (AvgIpc) is 3.34. The zero-order chi connectivity index (χ0) is 21.8. The van der Waals surface area contributed by atoms with Crippen LogP contribution in [0.25, 0.3) is 22.5 Å². The van der Waals surface area contributed by atoms with Gasteiger partial charge < -0.3 is 10.4 Å². The normalized spacial score (nSPS) is 27.4. The number of piperidine rings is 1. The zero-order valence-electron chi connectivity index (χ0n) is 17.5. The number of fused-ring (bicyclic) bond motifs is 2. The number of aryl methyl sites for hydroxylation is 1. The van der Waals surface area contributed by atoms with E-state index in [4.69, 9.17) is 0 Å². The third kappa shape index (κ3) is 3.38. The molecule has 2 aromatic heterocycles. The topological polar surface area (TPSA) is 102 Å². The molecule has 5 rings (SSSR count). The van der Waals surface area contributed by atoms with E-state index >= 15 is 4.39 Å². The van der Waals surface area contributed by atoms with Crippen LogP contribution in [0.5, 0.6) is 5.75 Å². The van der Waals surface area contributed by atoms with E-state index in [1.54, 1.807) is 37.3 Å². The number of nitrogens with one attached hydrogen (secondary N) is 1. The smallest absolute Gasteiger partial charge is 0.172 e. The first-order chi connectivity index (χ1) is 14.8. The molecule has 160 valence electrons. The van der Waals surface area contributed by atoms with Crippen LogP contribution in [0, 0.1) is 12.8 Å². The molecule has 0 aliphatic carbocycles. The van der Waals surface area contributed by atoms with Gasteiger partial charge in [0.2, 0.25) is 0 Å². The lowest BCUT2D eigenvalue weighted by Gasteiger charge is -2.40. The Morgan fingerprint density at radius 3 is 2.77 bits per heavy atom. The zero-order valence-corrected chi connectivity index (χ0v) is 17.5. The van der Waals surface area contributed by atoms with Gasteiger partial charge in [0.05, 0.1) is 17.1 Å². The molecule has 0 amide bonds. The van der Waals surface area contributed by atoms with Crippen LogP contribution in [0.4, 0.5) is 4.39 Å². The van der Waals surface area contributed by atoms with Crippen molar-refractivity contribution in [3.8, 4) is 22.7 Å². The molecule has 0 saturated carbocycles. The summed E-state index contributed by atoms with van der Waals surface area (Å²) in [6.45, 7) is 7.84. The van der Waals surface area contributed by atoms with E-state index in [1.807, 2.05) is 6.92 Å². The highest BCUT2D eigenvalue weighted by atomic mass is 19.1. The highest BCUT2D eigenvalue weighted by Gasteiger charge is 2.51. The Balaban J connectivity index is 1.37. The minimum Gasteiger partial charge on any atom is -0.507 e. The second-order valence-electron chi connectivity index (χ2n) is 8.70. The summed E-state index contributed by atoms with van der Waals surface area (Å²) >= 11 is 0. The predicted octanol–water partition coefficient (Wildman–Crippen LogP) is 3.02. The largest absolute Gasteiger partial charge is 0.507 e. The number of alkyl halides is 1. The van der Waals surface area contributed by atoms with Crippen molar-refractivity contribution in [2.75, 3.05) is 0 Å². The first-order valence-electron chi connectivity index (χ1n) is 10.4. The lowest BCUT2D eigenvalue weighted by atomic mass is 9.78. The summed E-state index contributed by atoms with van der Waals surface area (Å²) in [5.74, 6) is 0.293. The number of halogens is 1. The van der Waals surface area contributed by atoms with Crippen LogP contribution in [0.3, 0.4) is 0 Å². The van der Waals surface area contributed by atoms with Crippen molar-refractivity contribution < 1.29 is 9.50 Å². The summed E-state index contributed by atoms with van der Waals surface area (Å²) in [6, 6.07) is 8.92. The molecule has 2 fully saturated rings. The highest BCUT2D eigenvalue weighted by molar-refractivity contribution is 5.70. The maximum Gasteiger partial charge on any atom is 0.172 e. The summed E-state index contributed by atoms with van der Waals surface area (Å²) in [4.78, 5) is 1.34. The number of hydrogen-bond donors (Lipinski definition) is 2. The number of rotatable bonds is 4. The second-order valence-corrected chi connectivity index (χ2v) is 8.70. The lowest BCUT2D eigenvalue weighted by Crippen LogP contribution is -2.56. The van der Waals surface area contributed by atoms with Crippen molar-refractivity contribution in [3.63, 3.8) is 0 Å². The molecule has 2 N–H and O–H groups in total. The molecule has 4 atom stereocenters. The van der Waals surface area contributed by atoms with Crippen LogP contribution in [0.2, 0.25) is 0 Å². The number of aromatic hydroxyl groups is 1. The van der Waals surface area contributed by atoms with Crippen molar-refractivity contribution in [1.82, 2.24) is 35.7 Å². The number of hydrogen-bond acceptors (Lipinski definition) is 7. The van der Waals surface area contributed by atoms with Crippen molar-refractivity contribution >= 4 is 5.57 Å². The molecule has 2 bridgehead atoms. The molecular formula is C22H24FN7O. The van der Waals surface area contributed by atoms with E-state index in [-0.39, 0.29) is 11.7 Å². The number of tetrazole rings is 1. The molecule has 0 unspecified atom stereocenters. The Labute approximate surface area is 179 Å². The number of phenols is 1. The van der Waals surface area contributed by atoms with Gasteiger partial charge >= 0.3 is 0 Å². The van der Waals surface area contributed by atoms with E-state index in [9.17, 15) is 5.11 Å². The van der Waals surface area contributed by atoms with E-state index in [1.165, 1.54) is 4.80 Å². The van der Waals surface area contributed by atoms with E-state index < -0.39 is 11.7 Å². The van der Waals surface area contributed by atoms with E-state index in [0.717, 1.165) is 19.3 Å². The van der Waals surface area contributed by atoms with Gasteiger partial charge in [0.1, 0.15) is 11.9 Å². The molecule has 9 heteroatoms. The van der Waals surface area contributed by atoms with Gasteiger partial charge in [0.25, 0.3) is 0 Å². The molecule has 8 nitrogen and oxygen atoms in total. The van der Waals surface area contributed by atoms with Crippen molar-refractivity contribution in [2.24, 2.45) is 5.92 Å². The number of allylic oxidation sites excluding steroid dienone is 1. The molecule has 3 aromatic rings. The minimum absolute atomic E-state index is 0.0278. The van der Waals surface area contributed by atoms with Crippen LogP contribution < -0.4 is 5.32 Å². The van der Waals surface area contributed by atoms with E-state index in [0.29, 0.717) is 40.1 Å². The third-order valence-electron chi connectivity index (χ3n) is 6.49. The monoisotopic (exact) mass is 421 g/mol. The van der Waals surface area contributed by atoms with Gasteiger partial charge in [-0.25, -0.2) is 4.39 Å². The predicted molar refractivity (Wildman–Crippen MR) is 113 cm³/mol. The van der Waals surface area contributed by atoms with Gasteiger partial charge in [-0.2, -0.15) is 5.10 Å². The molecule has 1 aromatic carbocycles. The fourth-order valence-corrected chi connectivity index (χ4v) is 4.76. The number of aromatic nitrogens is 6. The van der Waals surface area contributed by atoms with Crippen LogP contribution in [0.15, 0.2) is 36.9 Å². The molecular weight excluding hydrogens is 397 g/mol. The Morgan fingerprint density at radius 2 is 2.10 bits per heavy atom. The van der Waals surface area contributed by atoms with Gasteiger partial charge in [-0.3, -0.25) is 0 Å². The summed E-state index contributed by atoms with van der Waals surface area (Å²) in [7, 11) is 0. The standard InChI is InChI=1S/C22H24FN7O/c1-12(17-10-14-8-9-22(3,24-14)21(17)23)18-6-7-19(27-26-18)16-5-4-15(11-20(16)31)30-28-13(2)25-29-30/h4-7,11,14,17,21,24,31H,1,8-10H2,2-3H3/t14-,17+,21+,22+/m1/s1. The Morgan fingerprint density at radius 1 is 1.26 bits per heavy atom. The average molecular weight is 421 g/mol. The number of phenolic OH excluding ortho intramolecular Hbond substituents is 1. The van der Waals surface area contributed by atoms with Crippen LogP contribution >= 0.6 is 0 Å². The molecule has 2 aliphatic heterocycles. The van der Waals surface area contributed by atoms with Gasteiger partial charge in [0, 0.05) is 29.1 Å². The van der Waals surface area contributed by atoms with Crippen molar-refractivity contribution in [1.29, 1.82) is 0 Å². The maximum atomic E-state index is 15.2. The Kier molecular flexibility index (Phi) is 4.58. The van der Waals surface area contributed by atoms with Gasteiger partial charge in [-0.05, 0) is 68.2 Å². The van der Waals surface area contributed by atoms with Gasteiger partial charge in [-0.1, -0.05) is 6.58 Å². The second kappa shape index (κ2) is 7.19. The quantitative estimate of drug-likeness (QED) is 0.668. The number of nitrogens with zero attached hydrogens (tertiary/aromatic N) is 6. The van der Waals surface area contributed by atoms with Crippen molar-refractivity contribution in [2.45, 2.75) is 50.9 Å². The fraction of sp³-hybridized carbons (Fsp3) is 0.409. The maximum absolute atomic E-state index is 15.2. The van der Waals surface area contributed by atoms with Crippen LogP contribution in [-0.2, 0) is 0 Å². The highest BCUT2D eigenvalue weighted by Crippen LogP contribution is 2.45. The molecule has 2 saturated heterocycles. The molecule has 0 radical (unpaired) electrons. The molecule has 4 heterocycles. The number of benzene rings is 1. The summed E-state index contributed by atoms with van der Waals surface area (Å²) in [5.41, 5.74) is 2.40. The fourth-order valence-electron chi connectivity index (χ4n) is 4.76. The SMILES string of the molecule is C=C(c1ccc(-c2ccc(-n3nnc(C)n3)cc2O)nn1)[C@@H]1C[C@H]2CC[C@](C)(N2)[C@H]1F. The van der Waals surface area contributed by atoms with Crippen LogP contribution in [0.1, 0.15) is 37.7 Å². The van der Waals surface area contributed by atoms with Gasteiger partial charge in [0.15, 0.2) is 5.82 Å². The lowest BCUT2D eigenvalue weighted by molar-refractivity contribution is 0.103. The molecule has 31 heavy (non-hydrogen) atoms. The minimum atomic E-state index is -1.01. The van der Waals surface area contributed by atoms with Gasteiger partial charge in [-0.15, -0.1) is 20.1 Å². The Hall–Kier alpha value is -3.20. The molecule has 0 spiro atoms. The first-order valence-corrected chi connectivity index (χ1v) is 10.4. The third-order valence-corrected chi connectivity index (χ3v) is 6.49. The summed E-state index contributed by atoms with van der Waals surface area (Å²) < 4.78 is 15.2. The summed E-state index contributed by atoms with van der Waals surface area (Å²) in [5, 5.41) is 34.4. The van der Waals surface area contributed by atoms with Crippen molar-refractivity contribution in [3.05, 3.63) is 48.4 Å². The first kappa shape index (κ1) is 19.7. The Bertz CT molecular complexity index is 1150. The van der Waals surface area contributed by atoms with E-state index in [2.05, 4.69) is 37.5 Å².